The molecule has 3 unspecified atom stereocenters. The van der Waals surface area contributed by atoms with Gasteiger partial charge in [0.1, 0.15) is 0 Å². The van der Waals surface area contributed by atoms with Crippen LogP contribution in [0.3, 0.4) is 0 Å². The fourth-order valence-electron chi connectivity index (χ4n) is 2.93. The molecule has 16 heavy (non-hydrogen) atoms. The molecule has 0 bridgehead atoms. The quantitative estimate of drug-likeness (QED) is 0.570. The third-order valence-corrected chi connectivity index (χ3v) is 5.02. The van der Waals surface area contributed by atoms with Gasteiger partial charge in [0.25, 0.3) is 0 Å². The Morgan fingerprint density at radius 1 is 1.06 bits per heavy atom. The van der Waals surface area contributed by atoms with E-state index in [1.807, 2.05) is 0 Å². The molecule has 95 valence electrons. The Balaban J connectivity index is 2.91. The van der Waals surface area contributed by atoms with E-state index in [1.54, 1.807) is 0 Å². The minimum Gasteiger partial charge on any atom is -0.233 e. The second-order valence-corrected chi connectivity index (χ2v) is 8.06. The molecule has 0 aromatic carbocycles. The smallest absolute Gasteiger partial charge is 0.0963 e. The zero-order chi connectivity index (χ0) is 12.8. The van der Waals surface area contributed by atoms with E-state index in [2.05, 4.69) is 48.5 Å². The minimum atomic E-state index is -0.351. The van der Waals surface area contributed by atoms with Crippen molar-refractivity contribution in [2.24, 2.45) is 22.2 Å². The molecule has 1 rings (SSSR count). The summed E-state index contributed by atoms with van der Waals surface area (Å²) in [6, 6.07) is 0. The van der Waals surface area contributed by atoms with Gasteiger partial charge in [-0.05, 0) is 41.4 Å². The SMILES string of the molecule is CC(C)(C)C1CC(C)(C(C)(C)C)CCC1[O]. The summed E-state index contributed by atoms with van der Waals surface area (Å²) in [7, 11) is 0. The van der Waals surface area contributed by atoms with Gasteiger partial charge in [0.15, 0.2) is 0 Å². The van der Waals surface area contributed by atoms with E-state index in [0.717, 1.165) is 19.3 Å². The third kappa shape index (κ3) is 2.61. The highest BCUT2D eigenvalue weighted by Gasteiger charge is 2.47. The summed E-state index contributed by atoms with van der Waals surface area (Å²) in [6.07, 6.45) is 2.69. The van der Waals surface area contributed by atoms with Crippen molar-refractivity contribution in [3.8, 4) is 0 Å². The molecule has 1 nitrogen and oxygen atoms in total. The summed E-state index contributed by atoms with van der Waals surface area (Å²) in [5, 5.41) is 12.1. The van der Waals surface area contributed by atoms with Gasteiger partial charge in [-0.1, -0.05) is 48.5 Å². The fraction of sp³-hybridized carbons (Fsp3) is 1.00. The van der Waals surface area contributed by atoms with E-state index in [9.17, 15) is 5.11 Å². The van der Waals surface area contributed by atoms with Crippen LogP contribution in [-0.4, -0.2) is 6.10 Å². The van der Waals surface area contributed by atoms with Gasteiger partial charge < -0.3 is 0 Å². The molecule has 3 atom stereocenters. The van der Waals surface area contributed by atoms with E-state index >= 15 is 0 Å². The molecule has 0 spiro atoms. The van der Waals surface area contributed by atoms with Crippen molar-refractivity contribution in [2.45, 2.75) is 73.8 Å². The lowest BCUT2D eigenvalue weighted by Gasteiger charge is -2.51. The van der Waals surface area contributed by atoms with Crippen LogP contribution >= 0.6 is 0 Å². The Morgan fingerprint density at radius 3 is 1.94 bits per heavy atom. The van der Waals surface area contributed by atoms with E-state index in [-0.39, 0.29) is 11.5 Å². The molecule has 1 fully saturated rings. The second kappa shape index (κ2) is 4.01. The average Bonchev–Trinajstić information content (AvgIpc) is 2.05. The molecular formula is C15H29O. The Hall–Kier alpha value is -0.0400. The van der Waals surface area contributed by atoms with Gasteiger partial charge in [-0.15, -0.1) is 0 Å². The predicted molar refractivity (Wildman–Crippen MR) is 68.8 cm³/mol. The minimum absolute atomic E-state index is 0.152. The Kier molecular flexibility index (Phi) is 3.52. The summed E-state index contributed by atoms with van der Waals surface area (Å²) in [4.78, 5) is 0. The molecule has 0 heterocycles. The summed E-state index contributed by atoms with van der Waals surface area (Å²) >= 11 is 0. The standard InChI is InChI=1S/C15H29O/c1-13(2,3)11-10-15(7,14(4,5)6)9-8-12(11)16/h11-12H,8-10H2,1-7H3. The van der Waals surface area contributed by atoms with Crippen molar-refractivity contribution in [3.63, 3.8) is 0 Å². The molecule has 0 aromatic heterocycles. The number of rotatable bonds is 0. The maximum atomic E-state index is 12.1. The largest absolute Gasteiger partial charge is 0.233 e. The van der Waals surface area contributed by atoms with Crippen molar-refractivity contribution in [1.82, 2.24) is 0 Å². The van der Waals surface area contributed by atoms with E-state index in [0.29, 0.717) is 16.7 Å². The van der Waals surface area contributed by atoms with Gasteiger partial charge in [0.05, 0.1) is 6.10 Å². The van der Waals surface area contributed by atoms with E-state index < -0.39 is 0 Å². The first-order valence-electron chi connectivity index (χ1n) is 6.63. The molecule has 1 aliphatic rings. The zero-order valence-corrected chi connectivity index (χ0v) is 12.2. The highest BCUT2D eigenvalue weighted by Crippen LogP contribution is 2.54. The van der Waals surface area contributed by atoms with Crippen molar-refractivity contribution in [1.29, 1.82) is 0 Å². The zero-order valence-electron chi connectivity index (χ0n) is 12.2. The molecule has 1 saturated carbocycles. The normalized spacial score (nSPS) is 37.5. The lowest BCUT2D eigenvalue weighted by atomic mass is 9.54. The topological polar surface area (TPSA) is 19.9 Å². The molecule has 0 aliphatic heterocycles. The monoisotopic (exact) mass is 225 g/mol. The van der Waals surface area contributed by atoms with E-state index in [4.69, 9.17) is 0 Å². The van der Waals surface area contributed by atoms with Crippen molar-refractivity contribution < 1.29 is 5.11 Å². The van der Waals surface area contributed by atoms with Gasteiger partial charge in [-0.2, -0.15) is 0 Å². The molecule has 1 radical (unpaired) electrons. The van der Waals surface area contributed by atoms with Crippen LogP contribution in [0, 0.1) is 22.2 Å². The first kappa shape index (κ1) is 14.0. The summed E-state index contributed by atoms with van der Waals surface area (Å²) in [5.74, 6) is 0.325. The molecule has 0 aromatic rings. The van der Waals surface area contributed by atoms with Crippen LogP contribution < -0.4 is 0 Å². The van der Waals surface area contributed by atoms with Crippen LogP contribution in [0.15, 0.2) is 0 Å². The molecule has 1 heteroatoms. The average molecular weight is 225 g/mol. The first-order valence-corrected chi connectivity index (χ1v) is 6.63. The maximum absolute atomic E-state index is 12.1. The van der Waals surface area contributed by atoms with Gasteiger partial charge in [-0.25, -0.2) is 5.11 Å². The molecule has 0 N–H and O–H groups in total. The van der Waals surface area contributed by atoms with Gasteiger partial charge in [-0.3, -0.25) is 0 Å². The summed E-state index contributed by atoms with van der Waals surface area (Å²) < 4.78 is 0. The Labute approximate surface area is 102 Å². The van der Waals surface area contributed by atoms with Crippen molar-refractivity contribution >= 4 is 0 Å². The highest BCUT2D eigenvalue weighted by atomic mass is 16.3. The van der Waals surface area contributed by atoms with Crippen LogP contribution in [0.1, 0.15) is 67.7 Å². The van der Waals surface area contributed by atoms with Gasteiger partial charge in [0.2, 0.25) is 0 Å². The van der Waals surface area contributed by atoms with Crippen LogP contribution in [-0.2, 0) is 5.11 Å². The Morgan fingerprint density at radius 2 is 1.56 bits per heavy atom. The first-order chi connectivity index (χ1) is 6.97. The molecule has 0 saturated heterocycles. The van der Waals surface area contributed by atoms with Crippen LogP contribution in [0.5, 0.6) is 0 Å². The third-order valence-electron chi connectivity index (χ3n) is 5.02. The summed E-state index contributed by atoms with van der Waals surface area (Å²) in [6.45, 7) is 16.0. The number of hydrogen-bond donors (Lipinski definition) is 0. The lowest BCUT2D eigenvalue weighted by Crippen LogP contribution is -2.46. The molecule has 1 aliphatic carbocycles. The highest BCUT2D eigenvalue weighted by molar-refractivity contribution is 4.97. The van der Waals surface area contributed by atoms with Gasteiger partial charge in [0, 0.05) is 0 Å². The lowest BCUT2D eigenvalue weighted by molar-refractivity contribution is -0.0981. The van der Waals surface area contributed by atoms with Crippen LogP contribution in [0.2, 0.25) is 0 Å². The second-order valence-electron chi connectivity index (χ2n) is 8.06. The number of hydrogen-bond acceptors (Lipinski definition) is 0. The summed E-state index contributed by atoms with van der Waals surface area (Å²) in [5.41, 5.74) is 0.780. The van der Waals surface area contributed by atoms with E-state index in [1.165, 1.54) is 0 Å². The van der Waals surface area contributed by atoms with Crippen LogP contribution in [0.4, 0.5) is 0 Å². The Bertz CT molecular complexity index is 243. The van der Waals surface area contributed by atoms with Crippen molar-refractivity contribution in [2.75, 3.05) is 0 Å². The molecule has 0 amide bonds. The van der Waals surface area contributed by atoms with Crippen LogP contribution in [0.25, 0.3) is 0 Å². The maximum Gasteiger partial charge on any atom is 0.0963 e. The predicted octanol–water partition coefficient (Wildman–Crippen LogP) is 4.68. The molecular weight excluding hydrogens is 196 g/mol. The van der Waals surface area contributed by atoms with Gasteiger partial charge >= 0.3 is 0 Å². The van der Waals surface area contributed by atoms with Crippen molar-refractivity contribution in [3.05, 3.63) is 0 Å². The fourth-order valence-corrected chi connectivity index (χ4v) is 2.93.